The van der Waals surface area contributed by atoms with E-state index in [1.54, 1.807) is 18.2 Å². The Balaban J connectivity index is 2.35. The van der Waals surface area contributed by atoms with Gasteiger partial charge >= 0.3 is 0 Å². The number of nitrogens with zero attached hydrogens (tertiary/aromatic N) is 3. The maximum Gasteiger partial charge on any atom is 0.258 e. The molecule has 0 aliphatic carbocycles. The molecule has 0 fully saturated rings. The third-order valence-electron chi connectivity index (χ3n) is 2.36. The minimum Gasteiger partial charge on any atom is -0.288 e. The van der Waals surface area contributed by atoms with Crippen LogP contribution in [0.4, 0.5) is 0 Å². The maximum absolute atomic E-state index is 11.6. The van der Waals surface area contributed by atoms with E-state index >= 15 is 0 Å². The molecule has 0 unspecified atom stereocenters. The second-order valence-electron chi connectivity index (χ2n) is 3.26. The van der Waals surface area contributed by atoms with Gasteiger partial charge in [0.15, 0.2) is 5.82 Å². The summed E-state index contributed by atoms with van der Waals surface area (Å²) in [5, 5.41) is 15.3. The number of aromatic nitrogens is 4. The Morgan fingerprint density at radius 3 is 2.31 bits per heavy atom. The Labute approximate surface area is 88.9 Å². The number of benzene rings is 1. The van der Waals surface area contributed by atoms with E-state index in [2.05, 4.69) is 25.9 Å². The summed E-state index contributed by atoms with van der Waals surface area (Å²) in [6.45, 7) is 0. The molecule has 1 aliphatic heterocycles. The van der Waals surface area contributed by atoms with Gasteiger partial charge in [0, 0.05) is 5.56 Å². The van der Waals surface area contributed by atoms with Crippen LogP contribution in [0, 0.1) is 0 Å². The highest BCUT2D eigenvalue weighted by Gasteiger charge is 2.28. The fraction of sp³-hybridized carbons (Fsp3) is 0. The average molecular weight is 215 g/mol. The molecule has 0 radical (unpaired) electrons. The van der Waals surface area contributed by atoms with Gasteiger partial charge in [0.05, 0.1) is 11.1 Å². The molecule has 16 heavy (non-hydrogen) atoms. The fourth-order valence-corrected chi connectivity index (χ4v) is 1.69. The molecule has 0 atom stereocenters. The van der Waals surface area contributed by atoms with Crippen molar-refractivity contribution in [3.63, 3.8) is 0 Å². The summed E-state index contributed by atoms with van der Waals surface area (Å²) in [6.07, 6.45) is 0. The molecule has 2 bridgehead atoms. The molecule has 7 heteroatoms. The molecule has 3 rings (SSSR count). The van der Waals surface area contributed by atoms with Crippen LogP contribution in [0.3, 0.4) is 0 Å². The number of hydrogen-bond donors (Lipinski definition) is 2. The highest BCUT2D eigenvalue weighted by atomic mass is 16.2. The van der Waals surface area contributed by atoms with E-state index < -0.39 is 11.8 Å². The van der Waals surface area contributed by atoms with Gasteiger partial charge in [-0.25, -0.2) is 5.10 Å². The molecule has 0 spiro atoms. The molecular weight excluding hydrogens is 210 g/mol. The zero-order valence-corrected chi connectivity index (χ0v) is 7.89. The first-order valence-corrected chi connectivity index (χ1v) is 4.50. The number of H-pyrrole nitrogens is 1. The molecular formula is C9H5N5O2. The number of carbonyl (C=O) groups is 2. The van der Waals surface area contributed by atoms with Crippen LogP contribution >= 0.6 is 0 Å². The summed E-state index contributed by atoms with van der Waals surface area (Å²) in [5.74, 6) is -0.567. The van der Waals surface area contributed by atoms with Crippen molar-refractivity contribution in [2.45, 2.75) is 0 Å². The lowest BCUT2D eigenvalue weighted by atomic mass is 9.96. The SMILES string of the molecule is O=C1NC(=O)c2cccc1c2-c1nnn[nH]1. The summed E-state index contributed by atoms with van der Waals surface area (Å²) >= 11 is 0. The molecule has 1 aliphatic rings. The minimum absolute atomic E-state index is 0.314. The standard InChI is InChI=1S/C9H5N5O2/c15-8-4-2-1-3-5(9(16)10-8)6(4)7-11-13-14-12-7/h1-3H,(H,10,15,16)(H,11,12,13,14). The van der Waals surface area contributed by atoms with Crippen molar-refractivity contribution in [2.24, 2.45) is 0 Å². The second kappa shape index (κ2) is 2.96. The number of nitrogens with one attached hydrogen (secondary N) is 2. The summed E-state index contributed by atoms with van der Waals surface area (Å²) in [5.41, 5.74) is 1.22. The van der Waals surface area contributed by atoms with Crippen LogP contribution < -0.4 is 5.32 Å². The third kappa shape index (κ3) is 1.05. The second-order valence-corrected chi connectivity index (χ2v) is 3.26. The number of fused-ring (bicyclic) bond motifs is 2. The molecule has 2 heterocycles. The summed E-state index contributed by atoms with van der Waals surface area (Å²) in [6, 6.07) is 4.88. The largest absolute Gasteiger partial charge is 0.288 e. The van der Waals surface area contributed by atoms with Crippen LogP contribution in [0.15, 0.2) is 18.2 Å². The number of imide groups is 1. The van der Waals surface area contributed by atoms with Crippen LogP contribution in [-0.2, 0) is 0 Å². The van der Waals surface area contributed by atoms with Crippen molar-refractivity contribution in [2.75, 3.05) is 0 Å². The number of carbonyl (C=O) groups excluding carboxylic acids is 2. The highest BCUT2D eigenvalue weighted by molar-refractivity contribution is 6.20. The molecule has 2 amide bonds. The van der Waals surface area contributed by atoms with Crippen LogP contribution in [0.1, 0.15) is 20.7 Å². The zero-order chi connectivity index (χ0) is 11.1. The number of tetrazole rings is 1. The maximum atomic E-state index is 11.6. The van der Waals surface area contributed by atoms with Gasteiger partial charge in [-0.3, -0.25) is 14.9 Å². The monoisotopic (exact) mass is 215 g/mol. The average Bonchev–Trinajstić information content (AvgIpc) is 2.79. The van der Waals surface area contributed by atoms with Crippen molar-refractivity contribution >= 4 is 11.8 Å². The van der Waals surface area contributed by atoms with E-state index in [-0.39, 0.29) is 0 Å². The lowest BCUT2D eigenvalue weighted by Crippen LogP contribution is -2.35. The molecule has 0 saturated carbocycles. The van der Waals surface area contributed by atoms with Gasteiger partial charge in [-0.05, 0) is 22.6 Å². The molecule has 0 saturated heterocycles. The van der Waals surface area contributed by atoms with Gasteiger partial charge in [0.1, 0.15) is 0 Å². The first-order valence-electron chi connectivity index (χ1n) is 4.50. The Morgan fingerprint density at radius 2 is 1.75 bits per heavy atom. The van der Waals surface area contributed by atoms with Gasteiger partial charge in [0.25, 0.3) is 11.8 Å². The lowest BCUT2D eigenvalue weighted by Gasteiger charge is -2.16. The van der Waals surface area contributed by atoms with Gasteiger partial charge in [-0.2, -0.15) is 0 Å². The summed E-state index contributed by atoms with van der Waals surface area (Å²) in [4.78, 5) is 23.1. The molecule has 7 nitrogen and oxygen atoms in total. The first-order chi connectivity index (χ1) is 7.77. The van der Waals surface area contributed by atoms with Gasteiger partial charge in [-0.15, -0.1) is 5.10 Å². The van der Waals surface area contributed by atoms with Gasteiger partial charge in [-0.1, -0.05) is 6.07 Å². The number of amides is 2. The Hall–Kier alpha value is -2.57. The first kappa shape index (κ1) is 8.72. The molecule has 78 valence electrons. The van der Waals surface area contributed by atoms with E-state index in [1.165, 1.54) is 0 Å². The summed E-state index contributed by atoms with van der Waals surface area (Å²) < 4.78 is 0. The van der Waals surface area contributed by atoms with E-state index in [4.69, 9.17) is 0 Å². The topological polar surface area (TPSA) is 101 Å². The molecule has 2 aromatic rings. The fourth-order valence-electron chi connectivity index (χ4n) is 1.69. The van der Waals surface area contributed by atoms with Gasteiger partial charge in [0.2, 0.25) is 0 Å². The van der Waals surface area contributed by atoms with Crippen molar-refractivity contribution in [3.8, 4) is 11.4 Å². The zero-order valence-electron chi connectivity index (χ0n) is 7.89. The summed E-state index contributed by atoms with van der Waals surface area (Å²) in [7, 11) is 0. The number of hydrogen-bond acceptors (Lipinski definition) is 5. The molecule has 1 aromatic heterocycles. The smallest absolute Gasteiger partial charge is 0.258 e. The molecule has 1 aromatic carbocycles. The number of rotatable bonds is 1. The van der Waals surface area contributed by atoms with Crippen molar-refractivity contribution in [1.29, 1.82) is 0 Å². The Bertz CT molecular complexity index is 558. The number of aromatic amines is 1. The quantitative estimate of drug-likeness (QED) is 0.639. The van der Waals surface area contributed by atoms with Crippen LogP contribution in [0.2, 0.25) is 0 Å². The van der Waals surface area contributed by atoms with Crippen LogP contribution in [0.5, 0.6) is 0 Å². The van der Waals surface area contributed by atoms with Crippen LogP contribution in [0.25, 0.3) is 11.4 Å². The van der Waals surface area contributed by atoms with Crippen molar-refractivity contribution < 1.29 is 9.59 Å². The van der Waals surface area contributed by atoms with Gasteiger partial charge < -0.3 is 0 Å². The molecule has 2 N–H and O–H groups in total. The van der Waals surface area contributed by atoms with Crippen molar-refractivity contribution in [1.82, 2.24) is 25.9 Å². The normalized spacial score (nSPS) is 13.8. The van der Waals surface area contributed by atoms with E-state index in [0.29, 0.717) is 22.5 Å². The van der Waals surface area contributed by atoms with Crippen molar-refractivity contribution in [3.05, 3.63) is 29.3 Å². The predicted molar refractivity (Wildman–Crippen MR) is 51.4 cm³/mol. The van der Waals surface area contributed by atoms with E-state index in [0.717, 1.165) is 0 Å². The van der Waals surface area contributed by atoms with E-state index in [9.17, 15) is 9.59 Å². The third-order valence-corrected chi connectivity index (χ3v) is 2.36. The highest BCUT2D eigenvalue weighted by Crippen LogP contribution is 2.27. The minimum atomic E-state index is -0.440. The van der Waals surface area contributed by atoms with E-state index in [1.807, 2.05) is 0 Å². The Morgan fingerprint density at radius 1 is 1.06 bits per heavy atom. The lowest BCUT2D eigenvalue weighted by molar-refractivity contribution is 0.0842. The Kier molecular flexibility index (Phi) is 1.61. The van der Waals surface area contributed by atoms with Crippen LogP contribution in [-0.4, -0.2) is 32.4 Å². The predicted octanol–water partition coefficient (Wildman–Crippen LogP) is -0.250.